The van der Waals surface area contributed by atoms with Crippen LogP contribution in [0.15, 0.2) is 30.5 Å². The molecule has 1 aliphatic carbocycles. The average molecular weight is 354 g/mol. The van der Waals surface area contributed by atoms with E-state index >= 15 is 0 Å². The summed E-state index contributed by atoms with van der Waals surface area (Å²) in [7, 11) is 0. The van der Waals surface area contributed by atoms with Gasteiger partial charge < -0.3 is 14.2 Å². The third-order valence-corrected chi connectivity index (χ3v) is 5.70. The van der Waals surface area contributed by atoms with Crippen molar-refractivity contribution in [1.82, 2.24) is 9.47 Å². The van der Waals surface area contributed by atoms with Crippen LogP contribution in [0.3, 0.4) is 0 Å². The number of rotatable bonds is 4. The molecule has 5 nitrogen and oxygen atoms in total. The maximum absolute atomic E-state index is 13.1. The van der Waals surface area contributed by atoms with Crippen LogP contribution < -0.4 is 0 Å². The second-order valence-electron chi connectivity index (χ2n) is 7.38. The largest absolute Gasteiger partial charge is 0.378 e. The SMILES string of the molecule is O=C(c1cn(CC(=O)N2CCOCC2)c2ccccc12)C1CCCCC1. The number of para-hydroxylation sites is 1. The van der Waals surface area contributed by atoms with Gasteiger partial charge in [-0.05, 0) is 18.9 Å². The maximum atomic E-state index is 13.1. The van der Waals surface area contributed by atoms with Gasteiger partial charge in [-0.1, -0.05) is 37.5 Å². The highest BCUT2D eigenvalue weighted by molar-refractivity contribution is 6.09. The molecule has 0 spiro atoms. The van der Waals surface area contributed by atoms with Crippen LogP contribution in [0.5, 0.6) is 0 Å². The molecule has 2 aliphatic rings. The van der Waals surface area contributed by atoms with E-state index in [2.05, 4.69) is 0 Å². The van der Waals surface area contributed by atoms with Gasteiger partial charge in [-0.3, -0.25) is 9.59 Å². The first-order valence-corrected chi connectivity index (χ1v) is 9.71. The molecule has 1 aliphatic heterocycles. The number of benzene rings is 1. The number of Topliss-reactive ketones (excluding diaryl/α,β-unsaturated/α-hetero) is 1. The molecule has 2 aromatic rings. The van der Waals surface area contributed by atoms with Crippen LogP contribution in [-0.4, -0.2) is 47.5 Å². The smallest absolute Gasteiger partial charge is 0.242 e. The summed E-state index contributed by atoms with van der Waals surface area (Å²) in [5.74, 6) is 0.474. The molecule has 0 radical (unpaired) electrons. The van der Waals surface area contributed by atoms with Gasteiger partial charge in [-0.15, -0.1) is 0 Å². The predicted molar refractivity (Wildman–Crippen MR) is 100 cm³/mol. The first-order valence-electron chi connectivity index (χ1n) is 9.71. The third-order valence-electron chi connectivity index (χ3n) is 5.70. The van der Waals surface area contributed by atoms with E-state index in [-0.39, 0.29) is 24.2 Å². The molecule has 26 heavy (non-hydrogen) atoms. The van der Waals surface area contributed by atoms with Gasteiger partial charge in [0.1, 0.15) is 6.54 Å². The quantitative estimate of drug-likeness (QED) is 0.792. The van der Waals surface area contributed by atoms with E-state index in [1.165, 1.54) is 6.42 Å². The summed E-state index contributed by atoms with van der Waals surface area (Å²) in [6, 6.07) is 7.93. The molecule has 0 atom stereocenters. The minimum atomic E-state index is 0.0886. The zero-order valence-electron chi connectivity index (χ0n) is 15.2. The van der Waals surface area contributed by atoms with Crippen molar-refractivity contribution in [3.8, 4) is 0 Å². The molecular formula is C21H26N2O3. The van der Waals surface area contributed by atoms with Crippen LogP contribution in [0.4, 0.5) is 0 Å². The lowest BCUT2D eigenvalue weighted by molar-refractivity contribution is -0.135. The lowest BCUT2D eigenvalue weighted by Gasteiger charge is -2.27. The molecule has 138 valence electrons. The second kappa shape index (κ2) is 7.62. The Morgan fingerprint density at radius 3 is 2.54 bits per heavy atom. The summed E-state index contributed by atoms with van der Waals surface area (Å²) in [5.41, 5.74) is 1.75. The van der Waals surface area contributed by atoms with Crippen molar-refractivity contribution in [2.24, 2.45) is 5.92 Å². The Labute approximate surface area is 153 Å². The number of fused-ring (bicyclic) bond motifs is 1. The Balaban J connectivity index is 1.61. The van der Waals surface area contributed by atoms with Crippen LogP contribution in [-0.2, 0) is 16.1 Å². The summed E-state index contributed by atoms with van der Waals surface area (Å²) < 4.78 is 7.28. The predicted octanol–water partition coefficient (Wildman–Crippen LogP) is 3.26. The van der Waals surface area contributed by atoms with E-state index in [1.54, 1.807) is 0 Å². The molecule has 2 fully saturated rings. The molecule has 0 unspecified atom stereocenters. The highest BCUT2D eigenvalue weighted by Gasteiger charge is 2.26. The molecule has 1 aromatic carbocycles. The van der Waals surface area contributed by atoms with E-state index < -0.39 is 0 Å². The molecule has 4 rings (SSSR count). The Morgan fingerprint density at radius 2 is 1.77 bits per heavy atom. The first-order chi connectivity index (χ1) is 12.7. The van der Waals surface area contributed by atoms with E-state index in [0.717, 1.165) is 42.1 Å². The highest BCUT2D eigenvalue weighted by atomic mass is 16.5. The fraction of sp³-hybridized carbons (Fsp3) is 0.524. The highest BCUT2D eigenvalue weighted by Crippen LogP contribution is 2.30. The van der Waals surface area contributed by atoms with Crippen LogP contribution in [0.25, 0.3) is 10.9 Å². The van der Waals surface area contributed by atoms with Gasteiger partial charge >= 0.3 is 0 Å². The lowest BCUT2D eigenvalue weighted by Crippen LogP contribution is -2.42. The van der Waals surface area contributed by atoms with Gasteiger partial charge in [0.2, 0.25) is 5.91 Å². The molecule has 1 saturated heterocycles. The molecule has 2 heterocycles. The lowest BCUT2D eigenvalue weighted by atomic mass is 9.84. The van der Waals surface area contributed by atoms with E-state index in [1.807, 2.05) is 39.9 Å². The van der Waals surface area contributed by atoms with Gasteiger partial charge in [0.15, 0.2) is 5.78 Å². The normalized spacial score (nSPS) is 19.0. The Kier molecular flexibility index (Phi) is 5.07. The number of aromatic nitrogens is 1. The van der Waals surface area contributed by atoms with E-state index in [4.69, 9.17) is 4.74 Å². The van der Waals surface area contributed by atoms with Crippen LogP contribution in [0.1, 0.15) is 42.5 Å². The number of morpholine rings is 1. The molecular weight excluding hydrogens is 328 g/mol. The molecule has 1 saturated carbocycles. The summed E-state index contributed by atoms with van der Waals surface area (Å²) in [5, 5.41) is 0.970. The number of amides is 1. The molecule has 1 amide bonds. The standard InChI is InChI=1S/C21H26N2O3/c24-20(22-10-12-26-13-11-22)15-23-14-18(17-8-4-5-9-19(17)23)21(25)16-6-2-1-3-7-16/h4-5,8-9,14,16H,1-3,6-7,10-13,15H2. The van der Waals surface area contributed by atoms with E-state index in [9.17, 15) is 9.59 Å². The second-order valence-corrected chi connectivity index (χ2v) is 7.38. The van der Waals surface area contributed by atoms with Gasteiger partial charge in [0.05, 0.1) is 13.2 Å². The van der Waals surface area contributed by atoms with E-state index in [0.29, 0.717) is 26.3 Å². The number of ether oxygens (including phenoxy) is 1. The monoisotopic (exact) mass is 354 g/mol. The zero-order valence-corrected chi connectivity index (χ0v) is 15.2. The minimum absolute atomic E-state index is 0.0886. The van der Waals surface area contributed by atoms with Crippen LogP contribution >= 0.6 is 0 Å². The maximum Gasteiger partial charge on any atom is 0.242 e. The van der Waals surface area contributed by atoms with Gasteiger partial charge in [0.25, 0.3) is 0 Å². The Hall–Kier alpha value is -2.14. The van der Waals surface area contributed by atoms with Gasteiger partial charge in [-0.2, -0.15) is 0 Å². The summed E-state index contributed by atoms with van der Waals surface area (Å²) in [4.78, 5) is 27.6. The van der Waals surface area contributed by atoms with Crippen molar-refractivity contribution >= 4 is 22.6 Å². The number of ketones is 1. The van der Waals surface area contributed by atoms with Gasteiger partial charge in [0, 0.05) is 41.7 Å². The van der Waals surface area contributed by atoms with Crippen molar-refractivity contribution in [3.05, 3.63) is 36.0 Å². The van der Waals surface area contributed by atoms with Crippen molar-refractivity contribution in [2.45, 2.75) is 38.6 Å². The van der Waals surface area contributed by atoms with Crippen molar-refractivity contribution in [1.29, 1.82) is 0 Å². The number of carbonyl (C=O) groups excluding carboxylic acids is 2. The average Bonchev–Trinajstić information content (AvgIpc) is 3.07. The topological polar surface area (TPSA) is 51.5 Å². The van der Waals surface area contributed by atoms with Crippen molar-refractivity contribution in [2.75, 3.05) is 26.3 Å². The van der Waals surface area contributed by atoms with Crippen LogP contribution in [0, 0.1) is 5.92 Å². The molecule has 0 bridgehead atoms. The number of hydrogen-bond donors (Lipinski definition) is 0. The minimum Gasteiger partial charge on any atom is -0.378 e. The third kappa shape index (κ3) is 3.40. The molecule has 1 aromatic heterocycles. The first kappa shape index (κ1) is 17.3. The fourth-order valence-corrected chi connectivity index (χ4v) is 4.22. The number of nitrogens with zero attached hydrogens (tertiary/aromatic N) is 2. The van der Waals surface area contributed by atoms with Crippen LogP contribution in [0.2, 0.25) is 0 Å². The summed E-state index contributed by atoms with van der Waals surface area (Å²) >= 11 is 0. The van der Waals surface area contributed by atoms with Gasteiger partial charge in [-0.25, -0.2) is 0 Å². The zero-order chi connectivity index (χ0) is 17.9. The Bertz CT molecular complexity index is 799. The fourth-order valence-electron chi connectivity index (χ4n) is 4.22. The number of carbonyl (C=O) groups is 2. The summed E-state index contributed by atoms with van der Waals surface area (Å²) in [6.45, 7) is 2.77. The Morgan fingerprint density at radius 1 is 1.04 bits per heavy atom. The van der Waals surface area contributed by atoms with Crippen molar-refractivity contribution in [3.63, 3.8) is 0 Å². The number of hydrogen-bond acceptors (Lipinski definition) is 3. The summed E-state index contributed by atoms with van der Waals surface area (Å²) in [6.07, 6.45) is 7.41. The molecule has 5 heteroatoms. The van der Waals surface area contributed by atoms with Crippen molar-refractivity contribution < 1.29 is 14.3 Å². The molecule has 0 N–H and O–H groups in total.